The summed E-state index contributed by atoms with van der Waals surface area (Å²) in [5.74, 6) is 0. The van der Waals surface area contributed by atoms with Crippen LogP contribution in [0.3, 0.4) is 0 Å². The van der Waals surface area contributed by atoms with Crippen molar-refractivity contribution in [3.05, 3.63) is 0 Å². The van der Waals surface area contributed by atoms with Crippen LogP contribution in [-0.4, -0.2) is 18.3 Å². The molecular weight excluding hydrogens is 142 g/mol. The molecule has 9 heavy (non-hydrogen) atoms. The quantitative estimate of drug-likeness (QED) is 0.370. The fourth-order valence-corrected chi connectivity index (χ4v) is 0.394. The van der Waals surface area contributed by atoms with E-state index in [4.69, 9.17) is 17.0 Å². The van der Waals surface area contributed by atoms with Crippen molar-refractivity contribution < 1.29 is 9.47 Å². The van der Waals surface area contributed by atoms with E-state index in [9.17, 15) is 0 Å². The lowest BCUT2D eigenvalue weighted by Gasteiger charge is -2.07. The topological polar surface area (TPSA) is 42.3 Å². The van der Waals surface area contributed by atoms with E-state index < -0.39 is 5.56 Å². The Morgan fingerprint density at radius 3 is 2.67 bits per heavy atom. The largest absolute Gasteiger partial charge is 0.451 e. The fraction of sp³-hybridized carbons (Fsp3) is 0.800. The zero-order valence-corrected chi connectivity index (χ0v) is 6.23. The van der Waals surface area contributed by atoms with Crippen molar-refractivity contribution in [2.45, 2.75) is 19.4 Å². The summed E-state index contributed by atoms with van der Waals surface area (Å²) in [4.78, 5) is 0. The molecule has 0 aromatic carbocycles. The van der Waals surface area contributed by atoms with Crippen LogP contribution in [0.25, 0.3) is 0 Å². The van der Waals surface area contributed by atoms with Gasteiger partial charge in [0.15, 0.2) is 5.56 Å². The number of hydrogen-bond acceptors (Lipinski definition) is 3. The first-order valence-electron chi connectivity index (χ1n) is 2.69. The highest BCUT2D eigenvalue weighted by atomic mass is 35.5. The number of halogens is 1. The number of nitrogens with one attached hydrogen (secondary N) is 1. The summed E-state index contributed by atoms with van der Waals surface area (Å²) in [6.07, 6.45) is -0.222. The molecule has 0 amide bonds. The zero-order valence-electron chi connectivity index (χ0n) is 5.48. The Labute approximate surface area is 59.4 Å². The van der Waals surface area contributed by atoms with Crippen LogP contribution < -0.4 is 0 Å². The third-order valence-electron chi connectivity index (χ3n) is 0.545. The molecule has 0 fully saturated rings. The minimum atomic E-state index is -0.496. The molecule has 0 aliphatic heterocycles. The summed E-state index contributed by atoms with van der Waals surface area (Å²) >= 11 is 5.37. The normalized spacial score (nSPS) is 12.3. The van der Waals surface area contributed by atoms with Crippen molar-refractivity contribution in [1.29, 1.82) is 5.41 Å². The van der Waals surface area contributed by atoms with Crippen LogP contribution in [0.1, 0.15) is 13.8 Å². The van der Waals surface area contributed by atoms with Gasteiger partial charge in [0.25, 0.3) is 0 Å². The highest BCUT2D eigenvalue weighted by molar-refractivity contribution is 6.19. The van der Waals surface area contributed by atoms with Gasteiger partial charge in [-0.3, -0.25) is 0 Å². The summed E-state index contributed by atoms with van der Waals surface area (Å²) in [7, 11) is 0. The molecule has 0 spiro atoms. The third-order valence-corrected chi connectivity index (χ3v) is 0.634. The second kappa shape index (κ2) is 4.44. The maximum Gasteiger partial charge on any atom is 0.382 e. The molecule has 0 aliphatic rings. The lowest BCUT2D eigenvalue weighted by Crippen LogP contribution is -2.11. The van der Waals surface area contributed by atoms with Crippen molar-refractivity contribution in [2.75, 3.05) is 6.61 Å². The maximum absolute atomic E-state index is 6.89. The van der Waals surface area contributed by atoms with E-state index in [0.29, 0.717) is 6.61 Å². The molecule has 0 aromatic heterocycles. The van der Waals surface area contributed by atoms with Crippen LogP contribution >= 0.6 is 11.6 Å². The summed E-state index contributed by atoms with van der Waals surface area (Å²) < 4.78 is 9.25. The van der Waals surface area contributed by atoms with Crippen LogP contribution in [0.2, 0.25) is 0 Å². The molecule has 3 nitrogen and oxygen atoms in total. The van der Waals surface area contributed by atoms with E-state index >= 15 is 0 Å². The van der Waals surface area contributed by atoms with Crippen LogP contribution in [0, 0.1) is 5.41 Å². The van der Waals surface area contributed by atoms with Gasteiger partial charge in [0, 0.05) is 0 Å². The van der Waals surface area contributed by atoms with Crippen molar-refractivity contribution in [2.24, 2.45) is 0 Å². The molecule has 0 aromatic rings. The van der Waals surface area contributed by atoms with E-state index in [1.165, 1.54) is 0 Å². The molecule has 54 valence electrons. The van der Waals surface area contributed by atoms with Crippen LogP contribution in [-0.2, 0) is 9.47 Å². The molecule has 0 heterocycles. The average Bonchev–Trinajstić information content (AvgIpc) is 1.63. The van der Waals surface area contributed by atoms with Crippen molar-refractivity contribution in [3.8, 4) is 0 Å². The van der Waals surface area contributed by atoms with Gasteiger partial charge in [-0.25, -0.2) is 5.41 Å². The van der Waals surface area contributed by atoms with Gasteiger partial charge < -0.3 is 9.47 Å². The Balaban J connectivity index is 3.27. The molecule has 1 N–H and O–H groups in total. The first kappa shape index (κ1) is 8.56. The Hall–Kier alpha value is -0.440. The van der Waals surface area contributed by atoms with E-state index in [-0.39, 0.29) is 6.08 Å². The lowest BCUT2D eigenvalue weighted by molar-refractivity contribution is 0.160. The zero-order chi connectivity index (χ0) is 7.28. The van der Waals surface area contributed by atoms with Gasteiger partial charge in [-0.05, 0) is 13.8 Å². The predicted molar refractivity (Wildman–Crippen MR) is 35.8 cm³/mol. The third kappa shape index (κ3) is 5.43. The van der Waals surface area contributed by atoms with Gasteiger partial charge >= 0.3 is 6.08 Å². The smallest absolute Gasteiger partial charge is 0.382 e. The predicted octanol–water partition coefficient (Wildman–Crippen LogP) is 1.56. The molecule has 0 radical (unpaired) electrons. The summed E-state index contributed by atoms with van der Waals surface area (Å²) in [6.45, 7) is 3.83. The van der Waals surface area contributed by atoms with Crippen LogP contribution in [0.15, 0.2) is 0 Å². The van der Waals surface area contributed by atoms with Gasteiger partial charge in [0.1, 0.15) is 0 Å². The number of alkyl halides is 1. The van der Waals surface area contributed by atoms with Gasteiger partial charge in [-0.2, -0.15) is 0 Å². The molecule has 0 saturated carbocycles. The minimum Gasteiger partial charge on any atom is -0.451 e. The van der Waals surface area contributed by atoms with Crippen LogP contribution in [0.4, 0.5) is 0 Å². The number of rotatable bonds is 2. The maximum atomic E-state index is 6.89. The van der Waals surface area contributed by atoms with Gasteiger partial charge in [-0.15, -0.1) is 0 Å². The Morgan fingerprint density at radius 2 is 2.33 bits per heavy atom. The summed E-state index contributed by atoms with van der Waals surface area (Å²) in [5.41, 5.74) is -0.496. The molecule has 0 saturated heterocycles. The lowest BCUT2D eigenvalue weighted by atomic mass is 10.8. The Bertz CT molecular complexity index is 95.0. The van der Waals surface area contributed by atoms with E-state index in [1.54, 1.807) is 13.8 Å². The van der Waals surface area contributed by atoms with Gasteiger partial charge in [0.2, 0.25) is 0 Å². The molecule has 0 aliphatic carbocycles. The monoisotopic (exact) mass is 151 g/mol. The molecule has 4 heteroatoms. The van der Waals surface area contributed by atoms with E-state index in [2.05, 4.69) is 9.47 Å². The van der Waals surface area contributed by atoms with E-state index in [1.807, 2.05) is 0 Å². The first-order valence-corrected chi connectivity index (χ1v) is 3.12. The van der Waals surface area contributed by atoms with Crippen LogP contribution in [0.5, 0.6) is 0 Å². The van der Waals surface area contributed by atoms with Crippen molar-refractivity contribution >= 4 is 17.7 Å². The molecule has 0 bridgehead atoms. The number of ether oxygens (including phenoxy) is 2. The number of hydrogen-bond donors (Lipinski definition) is 1. The minimum absolute atomic E-state index is 0.222. The molecule has 1 atom stereocenters. The van der Waals surface area contributed by atoms with Gasteiger partial charge in [-0.1, -0.05) is 11.6 Å². The van der Waals surface area contributed by atoms with Crippen molar-refractivity contribution in [3.63, 3.8) is 0 Å². The van der Waals surface area contributed by atoms with Gasteiger partial charge in [0.05, 0.1) is 6.61 Å². The van der Waals surface area contributed by atoms with E-state index in [0.717, 1.165) is 0 Å². The molecular formula is C5H10ClNO2. The standard InChI is InChI=1S/C5H10ClNO2/c1-3-8-5(7)9-4(2)6/h4,7H,3H2,1-2H3. The first-order chi connectivity index (χ1) is 4.16. The summed E-state index contributed by atoms with van der Waals surface area (Å²) in [6, 6.07) is 0. The second-order valence-electron chi connectivity index (χ2n) is 1.38. The average molecular weight is 152 g/mol. The highest BCUT2D eigenvalue weighted by Gasteiger charge is 2.00. The second-order valence-corrected chi connectivity index (χ2v) is 2.00. The molecule has 1 unspecified atom stereocenters. The highest BCUT2D eigenvalue weighted by Crippen LogP contribution is 1.96. The van der Waals surface area contributed by atoms with Crippen molar-refractivity contribution in [1.82, 2.24) is 0 Å². The summed E-state index contributed by atoms with van der Waals surface area (Å²) in [5, 5.41) is 6.89. The molecule has 0 rings (SSSR count). The Kier molecular flexibility index (Phi) is 4.22. The Morgan fingerprint density at radius 1 is 1.78 bits per heavy atom. The fourth-order valence-electron chi connectivity index (χ4n) is 0.313. The SMILES string of the molecule is CCOC(=N)OC(C)Cl.